The van der Waals surface area contributed by atoms with E-state index in [-0.39, 0.29) is 29.8 Å². The number of benzene rings is 2. The minimum Gasteiger partial charge on any atom is -0.336 e. The maximum atomic E-state index is 13.4. The Morgan fingerprint density at radius 1 is 1.15 bits per heavy atom. The van der Waals surface area contributed by atoms with Crippen LogP contribution in [-0.2, 0) is 6.54 Å². The number of halogens is 1. The number of urea groups is 1. The smallest absolute Gasteiger partial charge is 0.319 e. The molecular formula is C21H24FN3O2. The van der Waals surface area contributed by atoms with Gasteiger partial charge in [-0.05, 0) is 68.7 Å². The highest BCUT2D eigenvalue weighted by atomic mass is 19.1. The minimum absolute atomic E-state index is 0.0424. The fourth-order valence-corrected chi connectivity index (χ4v) is 2.88. The van der Waals surface area contributed by atoms with Crippen LogP contribution in [0.5, 0.6) is 0 Å². The van der Waals surface area contributed by atoms with Gasteiger partial charge in [0.1, 0.15) is 5.82 Å². The van der Waals surface area contributed by atoms with Crippen molar-refractivity contribution in [1.82, 2.24) is 10.2 Å². The number of nitrogens with zero attached hydrogens (tertiary/aromatic N) is 1. The van der Waals surface area contributed by atoms with Crippen LogP contribution in [0, 0.1) is 5.82 Å². The van der Waals surface area contributed by atoms with Crippen LogP contribution in [0.25, 0.3) is 0 Å². The monoisotopic (exact) mass is 369 g/mol. The van der Waals surface area contributed by atoms with Crippen molar-refractivity contribution in [2.75, 3.05) is 5.32 Å². The molecule has 1 fully saturated rings. The molecular weight excluding hydrogens is 345 g/mol. The van der Waals surface area contributed by atoms with Crippen molar-refractivity contribution in [3.05, 3.63) is 65.5 Å². The lowest BCUT2D eigenvalue weighted by Crippen LogP contribution is -2.34. The second kappa shape index (κ2) is 8.20. The lowest BCUT2D eigenvalue weighted by molar-refractivity contribution is 0.0729. The van der Waals surface area contributed by atoms with Crippen molar-refractivity contribution in [3.63, 3.8) is 0 Å². The largest absolute Gasteiger partial charge is 0.336 e. The Hall–Kier alpha value is -2.89. The van der Waals surface area contributed by atoms with Crippen LogP contribution in [0.3, 0.4) is 0 Å². The maximum Gasteiger partial charge on any atom is 0.319 e. The van der Waals surface area contributed by atoms with Crippen molar-refractivity contribution in [3.8, 4) is 0 Å². The van der Waals surface area contributed by atoms with Crippen LogP contribution in [0.2, 0.25) is 0 Å². The Bertz CT molecular complexity index is 816. The average molecular weight is 369 g/mol. The molecule has 142 valence electrons. The molecule has 3 rings (SSSR count). The van der Waals surface area contributed by atoms with E-state index in [2.05, 4.69) is 10.6 Å². The Morgan fingerprint density at radius 3 is 2.44 bits per heavy atom. The standard InChI is InChI=1S/C21H24FN3O2/c1-14(2)23-21(27)24-18-8-6-16(7-9-18)20(26)25(19-10-11-19)13-15-4-3-5-17(22)12-15/h3-9,12,14,19H,10-11,13H2,1-2H3,(H2,23,24,27). The Kier molecular flexibility index (Phi) is 5.74. The zero-order chi connectivity index (χ0) is 19.4. The van der Waals surface area contributed by atoms with Crippen molar-refractivity contribution in [1.29, 1.82) is 0 Å². The van der Waals surface area contributed by atoms with Gasteiger partial charge in [0.05, 0.1) is 0 Å². The van der Waals surface area contributed by atoms with Crippen molar-refractivity contribution in [2.45, 2.75) is 45.3 Å². The van der Waals surface area contributed by atoms with Gasteiger partial charge in [0.15, 0.2) is 0 Å². The Labute approximate surface area is 158 Å². The van der Waals surface area contributed by atoms with Gasteiger partial charge >= 0.3 is 6.03 Å². The highest BCUT2D eigenvalue weighted by Crippen LogP contribution is 2.30. The summed E-state index contributed by atoms with van der Waals surface area (Å²) in [6.45, 7) is 4.15. The Balaban J connectivity index is 1.68. The number of rotatable bonds is 6. The first kappa shape index (κ1) is 18.9. The van der Waals surface area contributed by atoms with Crippen LogP contribution in [-0.4, -0.2) is 28.9 Å². The van der Waals surface area contributed by atoms with E-state index < -0.39 is 0 Å². The zero-order valence-corrected chi connectivity index (χ0v) is 15.5. The molecule has 0 radical (unpaired) electrons. The third-order valence-corrected chi connectivity index (χ3v) is 4.30. The molecule has 5 nitrogen and oxygen atoms in total. The number of carbonyl (C=O) groups is 2. The summed E-state index contributed by atoms with van der Waals surface area (Å²) in [6.07, 6.45) is 1.94. The summed E-state index contributed by atoms with van der Waals surface area (Å²) >= 11 is 0. The van der Waals surface area contributed by atoms with E-state index in [1.54, 1.807) is 35.2 Å². The fourth-order valence-electron chi connectivity index (χ4n) is 2.88. The number of hydrogen-bond donors (Lipinski definition) is 2. The summed E-state index contributed by atoms with van der Waals surface area (Å²) in [5, 5.41) is 5.48. The van der Waals surface area contributed by atoms with Gasteiger partial charge in [0.25, 0.3) is 5.91 Å². The van der Waals surface area contributed by atoms with Crippen molar-refractivity contribution >= 4 is 17.6 Å². The van der Waals surface area contributed by atoms with E-state index in [0.29, 0.717) is 17.8 Å². The van der Waals surface area contributed by atoms with E-state index in [1.165, 1.54) is 12.1 Å². The van der Waals surface area contributed by atoms with E-state index in [1.807, 2.05) is 19.9 Å². The van der Waals surface area contributed by atoms with Gasteiger partial charge in [0.2, 0.25) is 0 Å². The lowest BCUT2D eigenvalue weighted by atomic mass is 10.1. The second-order valence-electron chi connectivity index (χ2n) is 7.12. The van der Waals surface area contributed by atoms with Crippen LogP contribution >= 0.6 is 0 Å². The highest BCUT2D eigenvalue weighted by molar-refractivity contribution is 5.96. The van der Waals surface area contributed by atoms with Gasteiger partial charge in [-0.3, -0.25) is 4.79 Å². The summed E-state index contributed by atoms with van der Waals surface area (Å²) in [6, 6.07) is 13.1. The molecule has 3 amide bonds. The molecule has 0 aliphatic heterocycles. The molecule has 2 N–H and O–H groups in total. The second-order valence-corrected chi connectivity index (χ2v) is 7.12. The van der Waals surface area contributed by atoms with Crippen molar-refractivity contribution in [2.24, 2.45) is 0 Å². The maximum absolute atomic E-state index is 13.4. The lowest BCUT2D eigenvalue weighted by Gasteiger charge is -2.23. The molecule has 0 bridgehead atoms. The molecule has 0 heterocycles. The molecule has 0 unspecified atom stereocenters. The topological polar surface area (TPSA) is 61.4 Å². The van der Waals surface area contributed by atoms with E-state index >= 15 is 0 Å². The van der Waals surface area contributed by atoms with Gasteiger partial charge < -0.3 is 15.5 Å². The van der Waals surface area contributed by atoms with Gasteiger partial charge in [-0.1, -0.05) is 12.1 Å². The molecule has 6 heteroatoms. The summed E-state index contributed by atoms with van der Waals surface area (Å²) in [5.74, 6) is -0.384. The molecule has 1 aliphatic carbocycles. The number of amides is 3. The zero-order valence-electron chi connectivity index (χ0n) is 15.5. The molecule has 1 saturated carbocycles. The van der Waals surface area contributed by atoms with Crippen LogP contribution < -0.4 is 10.6 Å². The minimum atomic E-state index is -0.300. The first-order valence-electron chi connectivity index (χ1n) is 9.15. The number of nitrogens with one attached hydrogen (secondary N) is 2. The SMILES string of the molecule is CC(C)NC(=O)Nc1ccc(C(=O)N(Cc2cccc(F)c2)C2CC2)cc1. The average Bonchev–Trinajstić information content (AvgIpc) is 3.44. The number of hydrogen-bond acceptors (Lipinski definition) is 2. The third kappa shape index (κ3) is 5.29. The third-order valence-electron chi connectivity index (χ3n) is 4.30. The van der Waals surface area contributed by atoms with E-state index in [4.69, 9.17) is 0 Å². The van der Waals surface area contributed by atoms with E-state index in [9.17, 15) is 14.0 Å². The molecule has 0 saturated heterocycles. The summed E-state index contributed by atoms with van der Waals surface area (Å²) in [5.41, 5.74) is 1.94. The number of carbonyl (C=O) groups excluding carboxylic acids is 2. The van der Waals surface area contributed by atoms with Crippen LogP contribution in [0.15, 0.2) is 48.5 Å². The van der Waals surface area contributed by atoms with Crippen LogP contribution in [0.1, 0.15) is 42.6 Å². The van der Waals surface area contributed by atoms with Crippen LogP contribution in [0.4, 0.5) is 14.9 Å². The molecule has 2 aromatic rings. The molecule has 0 atom stereocenters. The van der Waals surface area contributed by atoms with E-state index in [0.717, 1.165) is 18.4 Å². The number of anilines is 1. The summed E-state index contributed by atoms with van der Waals surface area (Å²) in [4.78, 5) is 26.5. The molecule has 0 spiro atoms. The fraction of sp³-hybridized carbons (Fsp3) is 0.333. The highest BCUT2D eigenvalue weighted by Gasteiger charge is 2.33. The normalized spacial score (nSPS) is 13.3. The predicted molar refractivity (Wildman–Crippen MR) is 103 cm³/mol. The first-order valence-corrected chi connectivity index (χ1v) is 9.15. The Morgan fingerprint density at radius 2 is 1.85 bits per heavy atom. The van der Waals surface area contributed by atoms with Crippen molar-refractivity contribution < 1.29 is 14.0 Å². The molecule has 0 aromatic heterocycles. The van der Waals surface area contributed by atoms with Gasteiger partial charge in [0, 0.05) is 29.9 Å². The molecule has 27 heavy (non-hydrogen) atoms. The predicted octanol–water partition coefficient (Wildman–Crippen LogP) is 4.16. The van der Waals surface area contributed by atoms with Gasteiger partial charge in [-0.15, -0.1) is 0 Å². The molecule has 1 aliphatic rings. The van der Waals surface area contributed by atoms with Gasteiger partial charge in [-0.2, -0.15) is 0 Å². The van der Waals surface area contributed by atoms with Gasteiger partial charge in [-0.25, -0.2) is 9.18 Å². The molecule has 2 aromatic carbocycles. The summed E-state index contributed by atoms with van der Waals surface area (Å²) in [7, 11) is 0. The first-order chi connectivity index (χ1) is 12.9. The quantitative estimate of drug-likeness (QED) is 0.803. The summed E-state index contributed by atoms with van der Waals surface area (Å²) < 4.78 is 13.4.